The smallest absolute Gasteiger partial charge is 0.310 e. The summed E-state index contributed by atoms with van der Waals surface area (Å²) in [5, 5.41) is 3.38. The van der Waals surface area contributed by atoms with E-state index in [0.29, 0.717) is 6.54 Å². The predicted octanol–water partition coefficient (Wildman–Crippen LogP) is 2.02. The molecule has 2 atom stereocenters. The van der Waals surface area contributed by atoms with Crippen LogP contribution in [0.2, 0.25) is 0 Å². The molecule has 1 aromatic rings. The molecule has 0 radical (unpaired) electrons. The number of ether oxygens (including phenoxy) is 1. The maximum Gasteiger partial charge on any atom is 0.310 e. The fourth-order valence-electron chi connectivity index (χ4n) is 2.45. The Hall–Kier alpha value is -1.29. The quantitative estimate of drug-likeness (QED) is 0.814. The number of furan rings is 1. The lowest BCUT2D eigenvalue weighted by atomic mass is 10.0. The van der Waals surface area contributed by atoms with Crippen molar-refractivity contribution in [2.45, 2.75) is 38.8 Å². The summed E-state index contributed by atoms with van der Waals surface area (Å²) in [6.07, 6.45) is 3.02. The van der Waals surface area contributed by atoms with Gasteiger partial charge in [-0.25, -0.2) is 0 Å². The number of carbonyl (C=O) groups is 1. The van der Waals surface area contributed by atoms with Crippen molar-refractivity contribution in [3.05, 3.63) is 23.7 Å². The molecule has 94 valence electrons. The lowest BCUT2D eigenvalue weighted by molar-refractivity contribution is -0.145. The van der Waals surface area contributed by atoms with Crippen molar-refractivity contribution >= 4 is 5.97 Å². The topological polar surface area (TPSA) is 51.5 Å². The number of hydrogen-bond acceptors (Lipinski definition) is 4. The highest BCUT2D eigenvalue weighted by Crippen LogP contribution is 2.27. The molecule has 1 heterocycles. The van der Waals surface area contributed by atoms with Crippen molar-refractivity contribution in [3.63, 3.8) is 0 Å². The molecular formula is C13H19NO3. The van der Waals surface area contributed by atoms with Gasteiger partial charge in [0, 0.05) is 6.04 Å². The van der Waals surface area contributed by atoms with Crippen LogP contribution in [0.25, 0.3) is 0 Å². The number of carbonyl (C=O) groups excluding carboxylic acids is 1. The van der Waals surface area contributed by atoms with E-state index in [-0.39, 0.29) is 17.9 Å². The van der Waals surface area contributed by atoms with Gasteiger partial charge in [0.05, 0.1) is 19.6 Å². The Balaban J connectivity index is 1.88. The Bertz CT molecular complexity index is 386. The first-order valence-corrected chi connectivity index (χ1v) is 6.07. The standard InChI is InChI=1S/C13H19NO3/c1-9-6-7-10(17-9)8-14-12-5-3-4-11(12)13(15)16-2/h6-7,11-12,14H,3-5,8H2,1-2H3/t11-,12-/m0/s1. The molecule has 0 bridgehead atoms. The SMILES string of the molecule is COC(=O)[C@H]1CCC[C@@H]1NCc1ccc(C)o1. The van der Waals surface area contributed by atoms with Crippen LogP contribution in [0.15, 0.2) is 16.5 Å². The van der Waals surface area contributed by atoms with Crippen LogP contribution in [0.3, 0.4) is 0 Å². The fourth-order valence-corrected chi connectivity index (χ4v) is 2.45. The Morgan fingerprint density at radius 2 is 2.35 bits per heavy atom. The van der Waals surface area contributed by atoms with E-state index >= 15 is 0 Å². The Morgan fingerprint density at radius 3 is 3.00 bits per heavy atom. The minimum atomic E-state index is -0.101. The summed E-state index contributed by atoms with van der Waals surface area (Å²) >= 11 is 0. The molecule has 17 heavy (non-hydrogen) atoms. The molecule has 1 N–H and O–H groups in total. The third kappa shape index (κ3) is 2.88. The van der Waals surface area contributed by atoms with E-state index < -0.39 is 0 Å². The zero-order chi connectivity index (χ0) is 12.3. The van der Waals surface area contributed by atoms with Gasteiger partial charge in [-0.1, -0.05) is 6.42 Å². The average molecular weight is 237 g/mol. The molecule has 0 aromatic carbocycles. The van der Waals surface area contributed by atoms with Crippen molar-refractivity contribution < 1.29 is 13.9 Å². The zero-order valence-electron chi connectivity index (χ0n) is 10.4. The molecule has 0 spiro atoms. The third-order valence-corrected chi connectivity index (χ3v) is 3.35. The summed E-state index contributed by atoms with van der Waals surface area (Å²) in [6.45, 7) is 2.60. The van der Waals surface area contributed by atoms with Gasteiger partial charge in [0.25, 0.3) is 0 Å². The molecule has 2 rings (SSSR count). The van der Waals surface area contributed by atoms with Crippen LogP contribution in [0.1, 0.15) is 30.8 Å². The van der Waals surface area contributed by atoms with Crippen LogP contribution in [-0.2, 0) is 16.1 Å². The van der Waals surface area contributed by atoms with Crippen LogP contribution in [0.4, 0.5) is 0 Å². The fraction of sp³-hybridized carbons (Fsp3) is 0.615. The van der Waals surface area contributed by atoms with E-state index in [0.717, 1.165) is 30.8 Å². The highest BCUT2D eigenvalue weighted by molar-refractivity contribution is 5.73. The predicted molar refractivity (Wildman–Crippen MR) is 63.4 cm³/mol. The van der Waals surface area contributed by atoms with Crippen LogP contribution >= 0.6 is 0 Å². The first-order valence-electron chi connectivity index (χ1n) is 6.07. The zero-order valence-corrected chi connectivity index (χ0v) is 10.4. The first-order chi connectivity index (χ1) is 8.20. The normalized spacial score (nSPS) is 23.9. The molecule has 0 saturated heterocycles. The molecule has 4 heteroatoms. The van der Waals surface area contributed by atoms with Gasteiger partial charge in [-0.15, -0.1) is 0 Å². The maximum atomic E-state index is 11.6. The second-order valence-corrected chi connectivity index (χ2v) is 4.56. The number of rotatable bonds is 4. The van der Waals surface area contributed by atoms with Crippen LogP contribution in [0, 0.1) is 12.8 Å². The molecule has 4 nitrogen and oxygen atoms in total. The molecular weight excluding hydrogens is 218 g/mol. The van der Waals surface area contributed by atoms with E-state index in [9.17, 15) is 4.79 Å². The Labute approximate surface area is 101 Å². The van der Waals surface area contributed by atoms with E-state index in [4.69, 9.17) is 9.15 Å². The van der Waals surface area contributed by atoms with Crippen LogP contribution < -0.4 is 5.32 Å². The summed E-state index contributed by atoms with van der Waals surface area (Å²) in [7, 11) is 1.45. The largest absolute Gasteiger partial charge is 0.469 e. The summed E-state index contributed by atoms with van der Waals surface area (Å²) in [5.41, 5.74) is 0. The van der Waals surface area contributed by atoms with Gasteiger partial charge in [-0.05, 0) is 31.9 Å². The summed E-state index contributed by atoms with van der Waals surface area (Å²) in [5.74, 6) is 1.72. The number of aryl methyl sites for hydroxylation is 1. The maximum absolute atomic E-state index is 11.6. The monoisotopic (exact) mass is 237 g/mol. The van der Waals surface area contributed by atoms with Crippen molar-refractivity contribution in [2.24, 2.45) is 5.92 Å². The molecule has 1 aliphatic rings. The average Bonchev–Trinajstić information content (AvgIpc) is 2.94. The van der Waals surface area contributed by atoms with Crippen LogP contribution in [-0.4, -0.2) is 19.1 Å². The molecule has 1 aliphatic carbocycles. The highest BCUT2D eigenvalue weighted by Gasteiger charge is 2.33. The van der Waals surface area contributed by atoms with E-state index in [1.807, 2.05) is 19.1 Å². The number of methoxy groups -OCH3 is 1. The first kappa shape index (κ1) is 12.2. The van der Waals surface area contributed by atoms with Crippen LogP contribution in [0.5, 0.6) is 0 Å². The van der Waals surface area contributed by atoms with E-state index in [1.165, 1.54) is 7.11 Å². The highest BCUT2D eigenvalue weighted by atomic mass is 16.5. The lowest BCUT2D eigenvalue weighted by Gasteiger charge is -2.18. The summed E-state index contributed by atoms with van der Waals surface area (Å²) in [6, 6.07) is 4.13. The van der Waals surface area contributed by atoms with Crippen molar-refractivity contribution in [2.75, 3.05) is 7.11 Å². The van der Waals surface area contributed by atoms with Crippen molar-refractivity contribution in [3.8, 4) is 0 Å². The van der Waals surface area contributed by atoms with Gasteiger partial charge in [-0.3, -0.25) is 4.79 Å². The van der Waals surface area contributed by atoms with Gasteiger partial charge in [-0.2, -0.15) is 0 Å². The summed E-state index contributed by atoms with van der Waals surface area (Å²) < 4.78 is 10.3. The van der Waals surface area contributed by atoms with E-state index in [1.54, 1.807) is 0 Å². The molecule has 1 fully saturated rings. The van der Waals surface area contributed by atoms with Crippen molar-refractivity contribution in [1.29, 1.82) is 0 Å². The molecule has 0 unspecified atom stereocenters. The van der Waals surface area contributed by atoms with Gasteiger partial charge in [0.15, 0.2) is 0 Å². The van der Waals surface area contributed by atoms with Gasteiger partial charge >= 0.3 is 5.97 Å². The third-order valence-electron chi connectivity index (χ3n) is 3.35. The minimum absolute atomic E-state index is 0.00365. The molecule has 1 saturated carbocycles. The number of hydrogen-bond donors (Lipinski definition) is 1. The lowest BCUT2D eigenvalue weighted by Crippen LogP contribution is -2.36. The minimum Gasteiger partial charge on any atom is -0.469 e. The molecule has 0 amide bonds. The molecule has 0 aliphatic heterocycles. The Kier molecular flexibility index (Phi) is 3.84. The Morgan fingerprint density at radius 1 is 1.53 bits per heavy atom. The van der Waals surface area contributed by atoms with Gasteiger partial charge in [0.2, 0.25) is 0 Å². The van der Waals surface area contributed by atoms with Crippen molar-refractivity contribution in [1.82, 2.24) is 5.32 Å². The number of esters is 1. The second kappa shape index (κ2) is 5.36. The van der Waals surface area contributed by atoms with Gasteiger partial charge < -0.3 is 14.5 Å². The number of nitrogens with one attached hydrogen (secondary N) is 1. The van der Waals surface area contributed by atoms with E-state index in [2.05, 4.69) is 5.32 Å². The second-order valence-electron chi connectivity index (χ2n) is 4.56. The summed E-state index contributed by atoms with van der Waals surface area (Å²) in [4.78, 5) is 11.6. The van der Waals surface area contributed by atoms with Gasteiger partial charge in [0.1, 0.15) is 11.5 Å². The molecule has 1 aromatic heterocycles.